The van der Waals surface area contributed by atoms with Gasteiger partial charge in [0.2, 0.25) is 22.6 Å². The molecule has 0 saturated carbocycles. The van der Waals surface area contributed by atoms with Crippen LogP contribution in [0.3, 0.4) is 0 Å². The van der Waals surface area contributed by atoms with Crippen molar-refractivity contribution in [1.29, 1.82) is 0 Å². The summed E-state index contributed by atoms with van der Waals surface area (Å²) in [5.74, 6) is -0.429. The van der Waals surface area contributed by atoms with Gasteiger partial charge in [0.1, 0.15) is 0 Å². The van der Waals surface area contributed by atoms with Gasteiger partial charge >= 0.3 is 0 Å². The van der Waals surface area contributed by atoms with Crippen molar-refractivity contribution in [3.63, 3.8) is 0 Å². The van der Waals surface area contributed by atoms with Gasteiger partial charge in [-0.3, -0.25) is 9.36 Å². The van der Waals surface area contributed by atoms with Crippen molar-refractivity contribution in [3.05, 3.63) is 26.4 Å². The highest BCUT2D eigenvalue weighted by molar-refractivity contribution is 7.71. The molecule has 0 aliphatic heterocycles. The van der Waals surface area contributed by atoms with E-state index in [2.05, 4.69) is 24.9 Å². The molecule has 2 aromatic rings. The van der Waals surface area contributed by atoms with Crippen LogP contribution < -0.4 is 5.56 Å². The molecule has 0 fully saturated rings. The van der Waals surface area contributed by atoms with Crippen molar-refractivity contribution in [2.24, 2.45) is 10.2 Å². The molecule has 0 aromatic carbocycles. The summed E-state index contributed by atoms with van der Waals surface area (Å²) < 4.78 is 10.7. The number of hydrogen-bond donors (Lipinski definition) is 2. The summed E-state index contributed by atoms with van der Waals surface area (Å²) in [7, 11) is 1.49. The number of halogens is 1. The minimum Gasteiger partial charge on any atom is -0.493 e. The number of methoxy groups -OCH3 is 1. The molecule has 0 radical (unpaired) electrons. The molecule has 0 unspecified atom stereocenters. The number of nitrogens with one attached hydrogen (secondary N) is 1. The largest absolute Gasteiger partial charge is 0.493 e. The smallest absolute Gasteiger partial charge is 0.286 e. The van der Waals surface area contributed by atoms with E-state index < -0.39 is 11.4 Å². The molecule has 112 valence electrons. The minimum atomic E-state index is -0.605. The van der Waals surface area contributed by atoms with Crippen LogP contribution in [0, 0.1) is 4.77 Å². The maximum atomic E-state index is 12.2. The zero-order valence-corrected chi connectivity index (χ0v) is 12.3. The maximum Gasteiger partial charge on any atom is 0.286 e. The number of aromatic nitrogens is 3. The van der Waals surface area contributed by atoms with Crippen LogP contribution in [0.15, 0.2) is 25.6 Å². The third kappa shape index (κ3) is 3.54. The van der Waals surface area contributed by atoms with E-state index in [1.807, 2.05) is 0 Å². The number of hydrogen-bond acceptors (Lipinski definition) is 8. The van der Waals surface area contributed by atoms with Crippen LogP contribution in [0.4, 0.5) is 11.5 Å². The highest BCUT2D eigenvalue weighted by Crippen LogP contribution is 2.22. The van der Waals surface area contributed by atoms with Gasteiger partial charge in [0.15, 0.2) is 4.77 Å². The maximum absolute atomic E-state index is 12.2. The summed E-state index contributed by atoms with van der Waals surface area (Å²) in [6.07, 6.45) is 0. The van der Waals surface area contributed by atoms with Crippen LogP contribution >= 0.6 is 23.8 Å². The van der Waals surface area contributed by atoms with Crippen LogP contribution in [-0.2, 0) is 11.3 Å². The van der Waals surface area contributed by atoms with E-state index in [9.17, 15) is 9.90 Å². The highest BCUT2D eigenvalue weighted by Gasteiger charge is 2.12. The zero-order valence-electron chi connectivity index (χ0n) is 10.7. The topological polar surface area (TPSA) is 118 Å². The zero-order chi connectivity index (χ0) is 15.4. The number of H-pyrrole nitrogens is 1. The monoisotopic (exact) mass is 331 g/mol. The molecule has 9 nitrogen and oxygen atoms in total. The number of rotatable bonds is 5. The molecule has 0 aliphatic rings. The fraction of sp³-hybridized carbons (Fsp3) is 0.300. The van der Waals surface area contributed by atoms with Crippen molar-refractivity contribution in [2.75, 3.05) is 13.7 Å². The normalized spacial score (nSPS) is 11.3. The molecule has 2 heterocycles. The number of aromatic amines is 1. The lowest BCUT2D eigenvalue weighted by Crippen LogP contribution is -2.23. The molecule has 21 heavy (non-hydrogen) atoms. The molecule has 0 atom stereocenters. The third-order valence-corrected chi connectivity index (χ3v) is 2.88. The summed E-state index contributed by atoms with van der Waals surface area (Å²) in [5.41, 5.74) is -0.912. The quantitative estimate of drug-likeness (QED) is 0.641. The van der Waals surface area contributed by atoms with Crippen molar-refractivity contribution in [1.82, 2.24) is 14.7 Å². The Hall–Kier alpha value is -2.04. The molecule has 0 amide bonds. The van der Waals surface area contributed by atoms with Crippen LogP contribution in [0.2, 0.25) is 5.22 Å². The fourth-order valence-electron chi connectivity index (χ4n) is 1.42. The Balaban J connectivity index is 2.41. The summed E-state index contributed by atoms with van der Waals surface area (Å²) in [6, 6.07) is 1.30. The van der Waals surface area contributed by atoms with Gasteiger partial charge in [-0.2, -0.15) is 0 Å². The first-order valence-corrected chi connectivity index (χ1v) is 6.40. The average molecular weight is 332 g/mol. The van der Waals surface area contributed by atoms with Gasteiger partial charge in [-0.25, -0.2) is 0 Å². The van der Waals surface area contributed by atoms with Crippen molar-refractivity contribution >= 4 is 35.3 Å². The predicted molar refractivity (Wildman–Crippen MR) is 75.1 cm³/mol. The number of aromatic hydroxyl groups is 1. The van der Waals surface area contributed by atoms with Crippen molar-refractivity contribution < 1.29 is 14.4 Å². The standard InChI is InChI=1S/C10H10ClN5O4S/c1-19-3-2-16-9(18)7(8(17)12-10(16)21)14-13-6-4-5(11)20-15-6/h4,17H,2-3H2,1H3,(H,12,21). The van der Waals surface area contributed by atoms with E-state index in [-0.39, 0.29) is 34.6 Å². The number of azo groups is 1. The molecule has 0 bridgehead atoms. The van der Waals surface area contributed by atoms with E-state index in [0.29, 0.717) is 0 Å². The van der Waals surface area contributed by atoms with Crippen LogP contribution in [-0.4, -0.2) is 33.5 Å². The van der Waals surface area contributed by atoms with E-state index in [1.54, 1.807) is 0 Å². The lowest BCUT2D eigenvalue weighted by Gasteiger charge is -2.06. The van der Waals surface area contributed by atoms with Gasteiger partial charge < -0.3 is 19.4 Å². The molecule has 2 N–H and O–H groups in total. The van der Waals surface area contributed by atoms with Crippen LogP contribution in [0.25, 0.3) is 0 Å². The molecule has 0 saturated heterocycles. The third-order valence-electron chi connectivity index (χ3n) is 2.38. The molecular weight excluding hydrogens is 322 g/mol. The summed E-state index contributed by atoms with van der Waals surface area (Å²) >= 11 is 10.5. The average Bonchev–Trinajstić information content (AvgIpc) is 2.84. The van der Waals surface area contributed by atoms with Gasteiger partial charge in [-0.15, -0.1) is 10.2 Å². The number of nitrogens with zero attached hydrogens (tertiary/aromatic N) is 4. The molecule has 0 spiro atoms. The first-order chi connectivity index (χ1) is 10.0. The molecule has 0 aliphatic carbocycles. The van der Waals surface area contributed by atoms with Crippen molar-refractivity contribution in [3.8, 4) is 5.88 Å². The Morgan fingerprint density at radius 1 is 1.62 bits per heavy atom. The SMILES string of the molecule is COCCn1c(=S)[nH]c(O)c(N=Nc2cc(Cl)on2)c1=O. The Morgan fingerprint density at radius 2 is 2.38 bits per heavy atom. The summed E-state index contributed by atoms with van der Waals surface area (Å²) in [4.78, 5) is 14.6. The Bertz CT molecular complexity index is 780. The summed E-state index contributed by atoms with van der Waals surface area (Å²) in [6.45, 7) is 0.487. The van der Waals surface area contributed by atoms with Gasteiger partial charge in [0.05, 0.1) is 13.2 Å². The Labute approximate surface area is 127 Å². The number of ether oxygens (including phenoxy) is 1. The molecule has 11 heteroatoms. The van der Waals surface area contributed by atoms with Crippen LogP contribution in [0.5, 0.6) is 5.88 Å². The molecule has 2 rings (SSSR count). The van der Waals surface area contributed by atoms with E-state index in [0.717, 1.165) is 0 Å². The van der Waals surface area contributed by atoms with Gasteiger partial charge in [0, 0.05) is 13.2 Å². The second-order valence-electron chi connectivity index (χ2n) is 3.77. The predicted octanol–water partition coefficient (Wildman–Crippen LogP) is 2.31. The second kappa shape index (κ2) is 6.61. The van der Waals surface area contributed by atoms with E-state index >= 15 is 0 Å². The first-order valence-electron chi connectivity index (χ1n) is 5.62. The van der Waals surface area contributed by atoms with Gasteiger partial charge in [-0.1, -0.05) is 5.16 Å². The lowest BCUT2D eigenvalue weighted by molar-refractivity contribution is 0.185. The fourth-order valence-corrected chi connectivity index (χ4v) is 1.82. The molecule has 2 aromatic heterocycles. The molecular formula is C10H10ClN5O4S. The van der Waals surface area contributed by atoms with Gasteiger partial charge in [-0.05, 0) is 23.8 Å². The first kappa shape index (κ1) is 15.4. The van der Waals surface area contributed by atoms with E-state index in [1.165, 1.54) is 17.7 Å². The highest BCUT2D eigenvalue weighted by atomic mass is 35.5. The summed E-state index contributed by atoms with van der Waals surface area (Å²) in [5, 5.41) is 20.5. The lowest BCUT2D eigenvalue weighted by atomic mass is 10.5. The Kier molecular flexibility index (Phi) is 4.83. The minimum absolute atomic E-state index is 0.0261. The van der Waals surface area contributed by atoms with E-state index in [4.69, 9.17) is 28.6 Å². The van der Waals surface area contributed by atoms with Crippen molar-refractivity contribution in [2.45, 2.75) is 6.54 Å². The second-order valence-corrected chi connectivity index (χ2v) is 4.53. The van der Waals surface area contributed by atoms with Crippen LogP contribution in [0.1, 0.15) is 0 Å². The Morgan fingerprint density at radius 3 is 3.00 bits per heavy atom. The van der Waals surface area contributed by atoms with Gasteiger partial charge in [0.25, 0.3) is 5.56 Å².